The van der Waals surface area contributed by atoms with Gasteiger partial charge in [0, 0.05) is 31.4 Å². The van der Waals surface area contributed by atoms with E-state index in [9.17, 15) is 0 Å². The summed E-state index contributed by atoms with van der Waals surface area (Å²) in [4.78, 5) is 4.53. The Bertz CT molecular complexity index is 339. The summed E-state index contributed by atoms with van der Waals surface area (Å²) in [6.45, 7) is 6.59. The third-order valence-electron chi connectivity index (χ3n) is 4.17. The van der Waals surface area contributed by atoms with Crippen molar-refractivity contribution in [3.05, 3.63) is 18.2 Å². The molecular weight excluding hydrogens is 222 g/mol. The first-order chi connectivity index (χ1) is 8.85. The van der Waals surface area contributed by atoms with Gasteiger partial charge >= 0.3 is 0 Å². The SMILES string of the molecule is CCCNC(Cc1nccn1CC)C1CCCC1. The van der Waals surface area contributed by atoms with Gasteiger partial charge in [0.05, 0.1) is 0 Å². The van der Waals surface area contributed by atoms with E-state index >= 15 is 0 Å². The smallest absolute Gasteiger partial charge is 0.110 e. The van der Waals surface area contributed by atoms with Crippen LogP contribution in [0.4, 0.5) is 0 Å². The Morgan fingerprint density at radius 1 is 1.39 bits per heavy atom. The Balaban J connectivity index is 1.99. The Kier molecular flexibility index (Phi) is 5.24. The van der Waals surface area contributed by atoms with E-state index in [1.165, 1.54) is 37.9 Å². The highest BCUT2D eigenvalue weighted by Gasteiger charge is 2.25. The van der Waals surface area contributed by atoms with Crippen LogP contribution in [0.2, 0.25) is 0 Å². The van der Waals surface area contributed by atoms with Gasteiger partial charge in [-0.25, -0.2) is 4.98 Å². The largest absolute Gasteiger partial charge is 0.335 e. The van der Waals surface area contributed by atoms with Gasteiger partial charge in [0.1, 0.15) is 5.82 Å². The van der Waals surface area contributed by atoms with Crippen molar-refractivity contribution in [2.75, 3.05) is 6.54 Å². The topological polar surface area (TPSA) is 29.9 Å². The maximum absolute atomic E-state index is 4.53. The number of hydrogen-bond acceptors (Lipinski definition) is 2. The highest BCUT2D eigenvalue weighted by molar-refractivity contribution is 4.97. The number of aryl methyl sites for hydroxylation is 1. The van der Waals surface area contributed by atoms with Gasteiger partial charge in [-0.1, -0.05) is 19.8 Å². The zero-order valence-corrected chi connectivity index (χ0v) is 11.9. The molecule has 3 nitrogen and oxygen atoms in total. The molecule has 1 aliphatic rings. The molecule has 0 radical (unpaired) electrons. The second-order valence-corrected chi connectivity index (χ2v) is 5.44. The van der Waals surface area contributed by atoms with Crippen molar-refractivity contribution in [3.8, 4) is 0 Å². The predicted octanol–water partition coefficient (Wildman–Crippen LogP) is 3.00. The zero-order valence-electron chi connectivity index (χ0n) is 11.9. The molecule has 1 saturated carbocycles. The fraction of sp³-hybridized carbons (Fsp3) is 0.800. The maximum Gasteiger partial charge on any atom is 0.110 e. The minimum Gasteiger partial charge on any atom is -0.335 e. The van der Waals surface area contributed by atoms with E-state index in [-0.39, 0.29) is 0 Å². The Morgan fingerprint density at radius 3 is 2.83 bits per heavy atom. The van der Waals surface area contributed by atoms with Gasteiger partial charge in [0.2, 0.25) is 0 Å². The average Bonchev–Trinajstić information content (AvgIpc) is 3.04. The molecule has 1 unspecified atom stereocenters. The number of aromatic nitrogens is 2. The third-order valence-corrected chi connectivity index (χ3v) is 4.17. The number of hydrogen-bond donors (Lipinski definition) is 1. The van der Waals surface area contributed by atoms with Crippen LogP contribution in [0.5, 0.6) is 0 Å². The average molecular weight is 249 g/mol. The Morgan fingerprint density at radius 2 is 2.17 bits per heavy atom. The molecule has 0 aliphatic heterocycles. The van der Waals surface area contributed by atoms with Gasteiger partial charge in [-0.2, -0.15) is 0 Å². The minimum absolute atomic E-state index is 0.625. The van der Waals surface area contributed by atoms with Crippen molar-refractivity contribution in [3.63, 3.8) is 0 Å². The summed E-state index contributed by atoms with van der Waals surface area (Å²) < 4.78 is 2.27. The summed E-state index contributed by atoms with van der Waals surface area (Å²) in [6.07, 6.45) is 12.0. The lowest BCUT2D eigenvalue weighted by atomic mass is 9.95. The second-order valence-electron chi connectivity index (χ2n) is 5.44. The van der Waals surface area contributed by atoms with E-state index in [0.29, 0.717) is 6.04 Å². The standard InChI is InChI=1S/C15H27N3/c1-3-9-16-14(13-7-5-6-8-13)12-15-17-10-11-18(15)4-2/h10-11,13-14,16H,3-9,12H2,1-2H3. The molecule has 0 saturated heterocycles. The first-order valence-corrected chi connectivity index (χ1v) is 7.58. The van der Waals surface area contributed by atoms with Crippen LogP contribution in [0.1, 0.15) is 51.8 Å². The summed E-state index contributed by atoms with van der Waals surface area (Å²) in [5, 5.41) is 3.75. The molecule has 1 fully saturated rings. The van der Waals surface area contributed by atoms with Gasteiger partial charge < -0.3 is 9.88 Å². The molecule has 1 N–H and O–H groups in total. The van der Waals surface area contributed by atoms with Crippen LogP contribution < -0.4 is 5.32 Å². The van der Waals surface area contributed by atoms with Crippen molar-refractivity contribution in [2.45, 2.75) is 65.0 Å². The van der Waals surface area contributed by atoms with E-state index in [0.717, 1.165) is 25.4 Å². The summed E-state index contributed by atoms with van der Waals surface area (Å²) >= 11 is 0. The highest BCUT2D eigenvalue weighted by Crippen LogP contribution is 2.29. The molecule has 1 heterocycles. The molecular formula is C15H27N3. The van der Waals surface area contributed by atoms with Crippen LogP contribution in [0.25, 0.3) is 0 Å². The predicted molar refractivity (Wildman–Crippen MR) is 75.6 cm³/mol. The Hall–Kier alpha value is -0.830. The van der Waals surface area contributed by atoms with Crippen LogP contribution in [-0.2, 0) is 13.0 Å². The van der Waals surface area contributed by atoms with Crippen molar-refractivity contribution in [1.82, 2.24) is 14.9 Å². The van der Waals surface area contributed by atoms with E-state index in [2.05, 4.69) is 34.9 Å². The normalized spacial score (nSPS) is 18.3. The third kappa shape index (κ3) is 3.35. The molecule has 1 atom stereocenters. The quantitative estimate of drug-likeness (QED) is 0.805. The summed E-state index contributed by atoms with van der Waals surface area (Å²) in [5.74, 6) is 2.11. The van der Waals surface area contributed by atoms with Crippen LogP contribution in [0.15, 0.2) is 12.4 Å². The van der Waals surface area contributed by atoms with Crippen LogP contribution in [-0.4, -0.2) is 22.1 Å². The summed E-state index contributed by atoms with van der Waals surface area (Å²) in [6, 6.07) is 0.625. The molecule has 0 amide bonds. The lowest BCUT2D eigenvalue weighted by Gasteiger charge is -2.24. The molecule has 3 heteroatoms. The van der Waals surface area contributed by atoms with Crippen molar-refractivity contribution < 1.29 is 0 Å². The molecule has 1 aliphatic carbocycles. The van der Waals surface area contributed by atoms with Crippen LogP contribution in [0, 0.1) is 5.92 Å². The number of rotatable bonds is 7. The second kappa shape index (κ2) is 6.93. The van der Waals surface area contributed by atoms with E-state index in [4.69, 9.17) is 0 Å². The van der Waals surface area contributed by atoms with E-state index < -0.39 is 0 Å². The first-order valence-electron chi connectivity index (χ1n) is 7.58. The Labute approximate surface area is 111 Å². The van der Waals surface area contributed by atoms with Gasteiger partial charge in [0.15, 0.2) is 0 Å². The summed E-state index contributed by atoms with van der Waals surface area (Å²) in [7, 11) is 0. The molecule has 1 aromatic heterocycles. The van der Waals surface area contributed by atoms with Crippen molar-refractivity contribution in [1.29, 1.82) is 0 Å². The van der Waals surface area contributed by atoms with Crippen molar-refractivity contribution >= 4 is 0 Å². The highest BCUT2D eigenvalue weighted by atomic mass is 15.1. The number of nitrogens with one attached hydrogen (secondary N) is 1. The lowest BCUT2D eigenvalue weighted by Crippen LogP contribution is -2.38. The first kappa shape index (κ1) is 13.6. The molecule has 0 aromatic carbocycles. The summed E-state index contributed by atoms with van der Waals surface area (Å²) in [5.41, 5.74) is 0. The molecule has 2 rings (SSSR count). The molecule has 0 spiro atoms. The van der Waals surface area contributed by atoms with Gasteiger partial charge in [-0.05, 0) is 38.6 Å². The number of nitrogens with zero attached hydrogens (tertiary/aromatic N) is 2. The van der Waals surface area contributed by atoms with E-state index in [1.54, 1.807) is 0 Å². The molecule has 1 aromatic rings. The van der Waals surface area contributed by atoms with Crippen LogP contribution in [0.3, 0.4) is 0 Å². The molecule has 18 heavy (non-hydrogen) atoms. The van der Waals surface area contributed by atoms with Gasteiger partial charge in [-0.15, -0.1) is 0 Å². The molecule has 102 valence electrons. The fourth-order valence-electron chi connectivity index (χ4n) is 3.11. The maximum atomic E-state index is 4.53. The number of imidazole rings is 1. The van der Waals surface area contributed by atoms with Gasteiger partial charge in [0.25, 0.3) is 0 Å². The minimum atomic E-state index is 0.625. The van der Waals surface area contributed by atoms with Gasteiger partial charge in [-0.3, -0.25) is 0 Å². The lowest BCUT2D eigenvalue weighted by molar-refractivity contribution is 0.348. The van der Waals surface area contributed by atoms with Crippen molar-refractivity contribution in [2.24, 2.45) is 5.92 Å². The zero-order chi connectivity index (χ0) is 12.8. The molecule has 0 bridgehead atoms. The fourth-order valence-corrected chi connectivity index (χ4v) is 3.11. The van der Waals surface area contributed by atoms with E-state index in [1.807, 2.05) is 6.20 Å². The monoisotopic (exact) mass is 249 g/mol. The van der Waals surface area contributed by atoms with Crippen LogP contribution >= 0.6 is 0 Å².